The number of hydrogen-bond acceptors (Lipinski definition) is 1. The minimum Gasteiger partial charge on any atom is -0.278 e. The largest absolute Gasteiger partial charge is 0.416 e. The van der Waals surface area contributed by atoms with Gasteiger partial charge < -0.3 is 0 Å². The van der Waals surface area contributed by atoms with Gasteiger partial charge in [0.15, 0.2) is 0 Å². The summed E-state index contributed by atoms with van der Waals surface area (Å²) in [4.78, 5) is 4.52. The van der Waals surface area contributed by atoms with Crippen LogP contribution in [0.1, 0.15) is 19.4 Å². The second kappa shape index (κ2) is 5.05. The van der Waals surface area contributed by atoms with Crippen LogP contribution in [-0.4, -0.2) is 25.1 Å². The van der Waals surface area contributed by atoms with Crippen LogP contribution in [0.3, 0.4) is 0 Å². The van der Waals surface area contributed by atoms with Gasteiger partial charge in [-0.3, -0.25) is 4.48 Å². The van der Waals surface area contributed by atoms with Crippen LogP contribution in [0.5, 0.6) is 0 Å². The highest BCUT2D eigenvalue weighted by atomic mass is 19.4. The van der Waals surface area contributed by atoms with Crippen molar-refractivity contribution in [3.8, 4) is 0 Å². The number of halogens is 3. The molecular weight excluding hydrogens is 265 g/mol. The van der Waals surface area contributed by atoms with E-state index in [1.54, 1.807) is 6.07 Å². The zero-order valence-electron chi connectivity index (χ0n) is 11.8. The molecule has 20 heavy (non-hydrogen) atoms. The average molecular weight is 283 g/mol. The summed E-state index contributed by atoms with van der Waals surface area (Å²) < 4.78 is 38.7. The normalized spacial score (nSPS) is 12.9. The topological polar surface area (TPSA) is 12.9 Å². The van der Waals surface area contributed by atoms with Crippen molar-refractivity contribution >= 4 is 16.7 Å². The predicted molar refractivity (Wildman–Crippen MR) is 75.5 cm³/mol. The number of pyridine rings is 1. The standard InChI is InChI=1S/C15H18F3N2/c1-4-20(3,5-2)14-9-6-11-10-12(15(16,17)18)7-8-13(11)19-14/h6-10H,4-5H2,1-3H3/q+1. The van der Waals surface area contributed by atoms with Crippen LogP contribution >= 0.6 is 0 Å². The van der Waals surface area contributed by atoms with Crippen molar-refractivity contribution in [1.29, 1.82) is 0 Å². The Hall–Kier alpha value is -1.62. The molecule has 0 aliphatic carbocycles. The SMILES string of the molecule is CC[N+](C)(CC)c1ccc2cc(C(F)(F)F)ccc2n1. The van der Waals surface area contributed by atoms with Crippen LogP contribution in [0.25, 0.3) is 10.9 Å². The molecule has 1 aromatic carbocycles. The number of hydrogen-bond donors (Lipinski definition) is 0. The lowest BCUT2D eigenvalue weighted by Crippen LogP contribution is -2.45. The monoisotopic (exact) mass is 283 g/mol. The van der Waals surface area contributed by atoms with Gasteiger partial charge in [-0.1, -0.05) is 0 Å². The Morgan fingerprint density at radius 3 is 2.25 bits per heavy atom. The van der Waals surface area contributed by atoms with Crippen LogP contribution < -0.4 is 4.48 Å². The van der Waals surface area contributed by atoms with Crippen molar-refractivity contribution in [3.05, 3.63) is 35.9 Å². The first-order valence-corrected chi connectivity index (χ1v) is 6.63. The van der Waals surface area contributed by atoms with E-state index in [4.69, 9.17) is 0 Å². The van der Waals surface area contributed by atoms with Crippen molar-refractivity contribution in [3.63, 3.8) is 0 Å². The third-order valence-electron chi connectivity index (χ3n) is 3.95. The highest BCUT2D eigenvalue weighted by molar-refractivity contribution is 5.81. The Morgan fingerprint density at radius 1 is 1.05 bits per heavy atom. The van der Waals surface area contributed by atoms with Crippen LogP contribution in [0.15, 0.2) is 30.3 Å². The summed E-state index contributed by atoms with van der Waals surface area (Å²) in [5.74, 6) is 0.877. The number of nitrogens with zero attached hydrogens (tertiary/aromatic N) is 2. The molecule has 0 aliphatic heterocycles. The number of quaternary nitrogens is 1. The van der Waals surface area contributed by atoms with Gasteiger partial charge in [0.1, 0.15) is 0 Å². The van der Waals surface area contributed by atoms with Gasteiger partial charge in [0.2, 0.25) is 5.82 Å². The first kappa shape index (κ1) is 14.8. The lowest BCUT2D eigenvalue weighted by molar-refractivity contribution is -0.137. The van der Waals surface area contributed by atoms with Crippen molar-refractivity contribution in [1.82, 2.24) is 9.47 Å². The minimum atomic E-state index is -4.32. The van der Waals surface area contributed by atoms with Crippen LogP contribution in [-0.2, 0) is 6.18 Å². The Balaban J connectivity index is 2.52. The molecule has 2 nitrogen and oxygen atoms in total. The van der Waals surface area contributed by atoms with Crippen LogP contribution in [0.4, 0.5) is 19.0 Å². The van der Waals surface area contributed by atoms with E-state index in [0.717, 1.165) is 31.0 Å². The summed E-state index contributed by atoms with van der Waals surface area (Å²) in [5, 5.41) is 0.516. The molecule has 0 spiro atoms. The summed E-state index contributed by atoms with van der Waals surface area (Å²) in [6.07, 6.45) is -4.32. The number of aromatic nitrogens is 1. The maximum Gasteiger partial charge on any atom is 0.416 e. The second-order valence-electron chi connectivity index (χ2n) is 5.10. The van der Waals surface area contributed by atoms with E-state index < -0.39 is 11.7 Å². The molecule has 0 aliphatic rings. The van der Waals surface area contributed by atoms with Gasteiger partial charge in [0.25, 0.3) is 0 Å². The van der Waals surface area contributed by atoms with Gasteiger partial charge in [-0.2, -0.15) is 18.2 Å². The molecule has 1 heterocycles. The zero-order valence-corrected chi connectivity index (χ0v) is 11.8. The van der Waals surface area contributed by atoms with Crippen molar-refractivity contribution < 1.29 is 13.2 Å². The van der Waals surface area contributed by atoms with Gasteiger partial charge in [0, 0.05) is 11.5 Å². The van der Waals surface area contributed by atoms with Crippen molar-refractivity contribution in [2.75, 3.05) is 20.1 Å². The van der Waals surface area contributed by atoms with Crippen LogP contribution in [0.2, 0.25) is 0 Å². The lowest BCUT2D eigenvalue weighted by atomic mass is 10.1. The van der Waals surface area contributed by atoms with Gasteiger partial charge in [-0.05, 0) is 38.1 Å². The first-order valence-electron chi connectivity index (χ1n) is 6.63. The molecule has 0 fully saturated rings. The van der Waals surface area contributed by atoms with Gasteiger partial charge in [-0.15, -0.1) is 0 Å². The summed E-state index contributed by atoms with van der Waals surface area (Å²) in [6.45, 7) is 5.91. The molecule has 0 atom stereocenters. The summed E-state index contributed by atoms with van der Waals surface area (Å²) >= 11 is 0. The highest BCUT2D eigenvalue weighted by Crippen LogP contribution is 2.32. The molecule has 5 heteroatoms. The van der Waals surface area contributed by atoms with Crippen LogP contribution in [0, 0.1) is 0 Å². The van der Waals surface area contributed by atoms with E-state index in [-0.39, 0.29) is 0 Å². The van der Waals surface area contributed by atoms with E-state index in [2.05, 4.69) is 25.9 Å². The van der Waals surface area contributed by atoms with Gasteiger partial charge >= 0.3 is 6.18 Å². The van der Waals surface area contributed by atoms with Crippen molar-refractivity contribution in [2.45, 2.75) is 20.0 Å². The molecule has 0 radical (unpaired) electrons. The summed E-state index contributed by atoms with van der Waals surface area (Å²) in [6, 6.07) is 7.21. The molecule has 1 aromatic heterocycles. The molecule has 2 rings (SSSR count). The molecule has 0 saturated heterocycles. The summed E-state index contributed by atoms with van der Waals surface area (Å²) in [5.41, 5.74) is -0.0375. The Labute approximate surface area is 116 Å². The molecule has 0 amide bonds. The smallest absolute Gasteiger partial charge is 0.278 e. The fourth-order valence-corrected chi connectivity index (χ4v) is 2.14. The third kappa shape index (κ3) is 2.63. The second-order valence-corrected chi connectivity index (χ2v) is 5.10. The Kier molecular flexibility index (Phi) is 3.73. The van der Waals surface area contributed by atoms with E-state index in [0.29, 0.717) is 15.4 Å². The molecule has 108 valence electrons. The molecular formula is C15H18F3N2+. The zero-order chi connectivity index (χ0) is 15.0. The maximum absolute atomic E-state index is 12.7. The fourth-order valence-electron chi connectivity index (χ4n) is 2.14. The van der Waals surface area contributed by atoms with E-state index in [1.165, 1.54) is 6.07 Å². The molecule has 0 N–H and O–H groups in total. The molecule has 0 bridgehead atoms. The minimum absolute atomic E-state index is 0.516. The van der Waals surface area contributed by atoms with E-state index in [1.807, 2.05) is 6.07 Å². The number of benzene rings is 1. The number of rotatable bonds is 3. The molecule has 0 saturated carbocycles. The van der Waals surface area contributed by atoms with Gasteiger partial charge in [0.05, 0.1) is 31.2 Å². The predicted octanol–water partition coefficient (Wildman–Crippen LogP) is 4.23. The number of alkyl halides is 3. The highest BCUT2D eigenvalue weighted by Gasteiger charge is 2.30. The van der Waals surface area contributed by atoms with E-state index >= 15 is 0 Å². The Morgan fingerprint density at radius 2 is 1.70 bits per heavy atom. The Bertz CT molecular complexity index is 616. The third-order valence-corrected chi connectivity index (χ3v) is 3.95. The average Bonchev–Trinajstić information content (AvgIpc) is 2.44. The first-order chi connectivity index (χ1) is 9.30. The van der Waals surface area contributed by atoms with Crippen molar-refractivity contribution in [2.24, 2.45) is 0 Å². The summed E-state index contributed by atoms with van der Waals surface area (Å²) in [7, 11) is 2.07. The maximum atomic E-state index is 12.7. The lowest BCUT2D eigenvalue weighted by Gasteiger charge is -2.30. The van der Waals surface area contributed by atoms with E-state index in [9.17, 15) is 13.2 Å². The number of fused-ring (bicyclic) bond motifs is 1. The molecule has 0 unspecified atom stereocenters. The quantitative estimate of drug-likeness (QED) is 0.768. The van der Waals surface area contributed by atoms with Gasteiger partial charge in [-0.25, -0.2) is 0 Å². The molecule has 2 aromatic rings. The fraction of sp³-hybridized carbons (Fsp3) is 0.400.